The van der Waals surface area contributed by atoms with Gasteiger partial charge in [0, 0.05) is 19.5 Å². The molecular weight excluding hydrogens is 160 g/mol. The van der Waals surface area contributed by atoms with E-state index in [1.165, 1.54) is 32.6 Å². The first-order chi connectivity index (χ1) is 6.20. The van der Waals surface area contributed by atoms with Gasteiger partial charge < -0.3 is 10.2 Å². The molecule has 0 aromatic carbocycles. The molecule has 0 aliphatic carbocycles. The summed E-state index contributed by atoms with van der Waals surface area (Å²) in [6.45, 7) is 13.8. The minimum Gasteiger partial charge on any atom is -0.349 e. The second-order valence-corrected chi connectivity index (χ2v) is 4.06. The molecule has 1 aliphatic heterocycles. The monoisotopic (exact) mass is 187 g/mol. The highest BCUT2D eigenvalue weighted by Gasteiger charge is 2.37. The van der Waals surface area contributed by atoms with E-state index in [1.54, 1.807) is 0 Å². The van der Waals surface area contributed by atoms with Crippen LogP contribution in [0.25, 0.3) is 0 Å². The zero-order valence-corrected chi connectivity index (χ0v) is 10.1. The Balaban J connectivity index is 0.000000671. The van der Waals surface area contributed by atoms with Crippen molar-refractivity contribution >= 4 is 0 Å². The van der Waals surface area contributed by atoms with Crippen molar-refractivity contribution in [3.8, 4) is 0 Å². The molecule has 1 heterocycles. The number of likely N-dealkylation sites (tertiary alicyclic amines) is 1. The zero-order chi connectivity index (χ0) is 10.3. The van der Waals surface area contributed by atoms with E-state index in [0.717, 1.165) is 0 Å². The predicted molar refractivity (Wildman–Crippen MR) is 58.9 cm³/mol. The van der Waals surface area contributed by atoms with Crippen LogP contribution < -0.4 is 5.32 Å². The van der Waals surface area contributed by atoms with Crippen LogP contribution in [0.15, 0.2) is 0 Å². The standard InChI is InChI=1S/C9H20N2.C2H6/c1-4-11-7-9(2,8-11)5-6-10-3;1-2/h10H,4-8H2,1-3H3;1-2H3/p+1. The predicted octanol–water partition coefficient (Wildman–Crippen LogP) is 0.938. The molecule has 2 heteroatoms. The van der Waals surface area contributed by atoms with Crippen LogP contribution in [-0.4, -0.2) is 38.1 Å². The van der Waals surface area contributed by atoms with Crippen molar-refractivity contribution in [3.05, 3.63) is 0 Å². The number of hydrogen-bond acceptors (Lipinski definition) is 1. The van der Waals surface area contributed by atoms with Gasteiger partial charge in [-0.25, -0.2) is 0 Å². The van der Waals surface area contributed by atoms with Gasteiger partial charge in [0.2, 0.25) is 0 Å². The molecular formula is C11H27N2+. The Labute approximate surface area is 83.7 Å². The first-order valence-corrected chi connectivity index (χ1v) is 5.70. The minimum atomic E-state index is 0.641. The fourth-order valence-electron chi connectivity index (χ4n) is 1.91. The molecule has 0 unspecified atom stereocenters. The normalized spacial score (nSPS) is 20.1. The Morgan fingerprint density at radius 2 is 1.85 bits per heavy atom. The Bertz CT molecular complexity index is 112. The summed E-state index contributed by atoms with van der Waals surface area (Å²) in [6, 6.07) is 0. The molecule has 2 nitrogen and oxygen atoms in total. The maximum Gasteiger partial charge on any atom is 0.0759 e. The van der Waals surface area contributed by atoms with E-state index < -0.39 is 0 Å². The molecule has 1 aliphatic rings. The highest BCUT2D eigenvalue weighted by Crippen LogP contribution is 2.31. The van der Waals surface area contributed by atoms with Gasteiger partial charge in [-0.2, -0.15) is 0 Å². The van der Waals surface area contributed by atoms with Gasteiger partial charge in [0.05, 0.1) is 13.6 Å². The van der Waals surface area contributed by atoms with Crippen molar-refractivity contribution in [1.82, 2.24) is 4.90 Å². The van der Waals surface area contributed by atoms with Gasteiger partial charge in [0.25, 0.3) is 0 Å². The molecule has 0 aromatic rings. The Hall–Kier alpha value is -0.0800. The lowest BCUT2D eigenvalue weighted by Gasteiger charge is -2.47. The topological polar surface area (TPSA) is 19.9 Å². The van der Waals surface area contributed by atoms with E-state index >= 15 is 0 Å². The largest absolute Gasteiger partial charge is 0.349 e. The average Bonchev–Trinajstić information content (AvgIpc) is 2.13. The second-order valence-electron chi connectivity index (χ2n) is 4.06. The fourth-order valence-corrected chi connectivity index (χ4v) is 1.91. The van der Waals surface area contributed by atoms with Crippen LogP contribution in [0.2, 0.25) is 0 Å². The van der Waals surface area contributed by atoms with Crippen molar-refractivity contribution in [1.29, 1.82) is 0 Å². The van der Waals surface area contributed by atoms with Gasteiger partial charge in [0.1, 0.15) is 0 Å². The number of rotatable bonds is 4. The molecule has 1 rings (SSSR count). The number of nitrogens with two attached hydrogens (primary N) is 1. The highest BCUT2D eigenvalue weighted by atomic mass is 15.2. The van der Waals surface area contributed by atoms with E-state index in [9.17, 15) is 0 Å². The zero-order valence-electron chi connectivity index (χ0n) is 10.1. The van der Waals surface area contributed by atoms with Gasteiger partial charge in [-0.15, -0.1) is 0 Å². The maximum atomic E-state index is 2.51. The third-order valence-corrected chi connectivity index (χ3v) is 2.69. The second kappa shape index (κ2) is 6.39. The number of hydrogen-bond donors (Lipinski definition) is 1. The van der Waals surface area contributed by atoms with Gasteiger partial charge in [0.15, 0.2) is 0 Å². The van der Waals surface area contributed by atoms with Crippen molar-refractivity contribution < 1.29 is 5.32 Å². The lowest BCUT2D eigenvalue weighted by molar-refractivity contribution is -0.629. The van der Waals surface area contributed by atoms with Crippen LogP contribution in [0, 0.1) is 5.41 Å². The summed E-state index contributed by atoms with van der Waals surface area (Å²) >= 11 is 0. The van der Waals surface area contributed by atoms with Crippen molar-refractivity contribution in [2.75, 3.05) is 33.2 Å². The molecule has 0 atom stereocenters. The minimum absolute atomic E-state index is 0.641. The smallest absolute Gasteiger partial charge is 0.0759 e. The molecule has 13 heavy (non-hydrogen) atoms. The molecule has 80 valence electrons. The lowest BCUT2D eigenvalue weighted by Crippen LogP contribution is -2.80. The number of nitrogens with zero attached hydrogens (tertiary/aromatic N) is 1. The molecule has 0 radical (unpaired) electrons. The molecule has 0 spiro atoms. The molecule has 0 amide bonds. The molecule has 0 saturated carbocycles. The quantitative estimate of drug-likeness (QED) is 0.694. The van der Waals surface area contributed by atoms with Gasteiger partial charge in [-0.1, -0.05) is 27.7 Å². The van der Waals surface area contributed by atoms with Crippen molar-refractivity contribution in [3.63, 3.8) is 0 Å². The molecule has 2 N–H and O–H groups in total. The third kappa shape index (κ3) is 4.10. The van der Waals surface area contributed by atoms with Crippen LogP contribution >= 0.6 is 0 Å². The summed E-state index contributed by atoms with van der Waals surface area (Å²) < 4.78 is 0. The molecule has 1 saturated heterocycles. The molecule has 1 fully saturated rings. The average molecular weight is 187 g/mol. The van der Waals surface area contributed by atoms with E-state index in [0.29, 0.717) is 5.41 Å². The Morgan fingerprint density at radius 1 is 1.31 bits per heavy atom. The summed E-state index contributed by atoms with van der Waals surface area (Å²) in [5, 5.41) is 2.28. The number of quaternary nitrogens is 1. The molecule has 0 bridgehead atoms. The van der Waals surface area contributed by atoms with Crippen LogP contribution in [-0.2, 0) is 0 Å². The first-order valence-electron chi connectivity index (χ1n) is 5.70. The van der Waals surface area contributed by atoms with E-state index in [-0.39, 0.29) is 0 Å². The summed E-state index contributed by atoms with van der Waals surface area (Å²) in [4.78, 5) is 2.51. The maximum absolute atomic E-state index is 2.51. The SMILES string of the molecule is CC.CCN1CC(C)(CC[NH2+]C)C1. The van der Waals surface area contributed by atoms with E-state index in [2.05, 4.69) is 31.1 Å². The summed E-state index contributed by atoms with van der Waals surface area (Å²) in [5.41, 5.74) is 0.641. The summed E-state index contributed by atoms with van der Waals surface area (Å²) in [5.74, 6) is 0. The van der Waals surface area contributed by atoms with Gasteiger partial charge in [-0.3, -0.25) is 0 Å². The van der Waals surface area contributed by atoms with E-state index in [4.69, 9.17) is 0 Å². The first kappa shape index (κ1) is 12.9. The summed E-state index contributed by atoms with van der Waals surface area (Å²) in [7, 11) is 2.15. The van der Waals surface area contributed by atoms with Crippen molar-refractivity contribution in [2.45, 2.75) is 34.1 Å². The Morgan fingerprint density at radius 3 is 2.23 bits per heavy atom. The van der Waals surface area contributed by atoms with Crippen LogP contribution in [0.3, 0.4) is 0 Å². The fraction of sp³-hybridized carbons (Fsp3) is 1.00. The van der Waals surface area contributed by atoms with E-state index in [1.807, 2.05) is 13.8 Å². The Kier molecular flexibility index (Phi) is 6.35. The summed E-state index contributed by atoms with van der Waals surface area (Å²) in [6.07, 6.45) is 1.38. The molecule has 0 aromatic heterocycles. The third-order valence-electron chi connectivity index (χ3n) is 2.69. The highest BCUT2D eigenvalue weighted by molar-refractivity contribution is 4.90. The van der Waals surface area contributed by atoms with Crippen molar-refractivity contribution in [2.24, 2.45) is 5.41 Å². The lowest BCUT2D eigenvalue weighted by atomic mass is 9.79. The van der Waals surface area contributed by atoms with Crippen LogP contribution in [0.1, 0.15) is 34.1 Å². The van der Waals surface area contributed by atoms with Crippen LogP contribution in [0.4, 0.5) is 0 Å². The van der Waals surface area contributed by atoms with Crippen LogP contribution in [0.5, 0.6) is 0 Å². The van der Waals surface area contributed by atoms with Gasteiger partial charge >= 0.3 is 0 Å². The van der Waals surface area contributed by atoms with Gasteiger partial charge in [-0.05, 0) is 12.0 Å².